The van der Waals surface area contributed by atoms with Crippen LogP contribution >= 0.6 is 0 Å². The van der Waals surface area contributed by atoms with Crippen molar-refractivity contribution in [1.29, 1.82) is 0 Å². The minimum absolute atomic E-state index is 0.135. The maximum Gasteiger partial charge on any atom is 0.261 e. The molecule has 0 aliphatic rings. The molecule has 6 heteroatoms. The SMILES string of the molecule is Cc1ccc([C@H](C)NC(=O)c2ccc(NS(=O)(=O)c3ccccc3)cc2)cc1. The van der Waals surface area contributed by atoms with Crippen LogP contribution in [0, 0.1) is 6.92 Å². The number of nitrogens with one attached hydrogen (secondary N) is 2. The Morgan fingerprint density at radius 3 is 2.07 bits per heavy atom. The molecule has 0 saturated carbocycles. The third-order valence-corrected chi connectivity index (χ3v) is 5.77. The summed E-state index contributed by atoms with van der Waals surface area (Å²) in [5, 5.41) is 2.95. The lowest BCUT2D eigenvalue weighted by Gasteiger charge is -2.15. The quantitative estimate of drug-likeness (QED) is 0.655. The van der Waals surface area contributed by atoms with Crippen molar-refractivity contribution in [2.45, 2.75) is 24.8 Å². The molecular formula is C22H22N2O3S. The summed E-state index contributed by atoms with van der Waals surface area (Å²) < 4.78 is 27.2. The number of sulfonamides is 1. The number of aryl methyl sites for hydroxylation is 1. The van der Waals surface area contributed by atoms with Crippen molar-refractivity contribution < 1.29 is 13.2 Å². The molecule has 0 spiro atoms. The number of carbonyl (C=O) groups excluding carboxylic acids is 1. The summed E-state index contributed by atoms with van der Waals surface area (Å²) in [5.74, 6) is -0.217. The van der Waals surface area contributed by atoms with Crippen LogP contribution in [0.3, 0.4) is 0 Å². The van der Waals surface area contributed by atoms with Crippen LogP contribution < -0.4 is 10.0 Å². The molecule has 144 valence electrons. The van der Waals surface area contributed by atoms with Gasteiger partial charge in [-0.2, -0.15) is 0 Å². The number of hydrogen-bond donors (Lipinski definition) is 2. The second kappa shape index (κ2) is 8.27. The average molecular weight is 394 g/mol. The Hall–Kier alpha value is -3.12. The first-order valence-corrected chi connectivity index (χ1v) is 10.4. The third kappa shape index (κ3) is 4.78. The predicted molar refractivity (Wildman–Crippen MR) is 111 cm³/mol. The summed E-state index contributed by atoms with van der Waals surface area (Å²) in [6.07, 6.45) is 0. The fourth-order valence-corrected chi connectivity index (χ4v) is 3.80. The second-order valence-corrected chi connectivity index (χ2v) is 8.28. The minimum Gasteiger partial charge on any atom is -0.346 e. The predicted octanol–water partition coefficient (Wildman–Crippen LogP) is 4.29. The zero-order valence-corrected chi connectivity index (χ0v) is 16.5. The molecule has 0 bridgehead atoms. The van der Waals surface area contributed by atoms with Crippen LogP contribution in [0.1, 0.15) is 34.5 Å². The van der Waals surface area contributed by atoms with E-state index in [9.17, 15) is 13.2 Å². The van der Waals surface area contributed by atoms with Crippen molar-refractivity contribution in [3.63, 3.8) is 0 Å². The first kappa shape index (κ1) is 19.6. The van der Waals surface area contributed by atoms with Gasteiger partial charge < -0.3 is 5.32 Å². The molecule has 3 aromatic carbocycles. The molecule has 0 aliphatic heterocycles. The number of rotatable bonds is 6. The van der Waals surface area contributed by atoms with E-state index in [0.717, 1.165) is 11.1 Å². The molecule has 0 fully saturated rings. The fraction of sp³-hybridized carbons (Fsp3) is 0.136. The second-order valence-electron chi connectivity index (χ2n) is 6.60. The van der Waals surface area contributed by atoms with Gasteiger partial charge >= 0.3 is 0 Å². The van der Waals surface area contributed by atoms with E-state index in [-0.39, 0.29) is 16.8 Å². The van der Waals surface area contributed by atoms with Crippen molar-refractivity contribution in [3.8, 4) is 0 Å². The number of hydrogen-bond acceptors (Lipinski definition) is 3. The van der Waals surface area contributed by atoms with E-state index in [4.69, 9.17) is 0 Å². The van der Waals surface area contributed by atoms with E-state index >= 15 is 0 Å². The van der Waals surface area contributed by atoms with Gasteiger partial charge in [-0.3, -0.25) is 9.52 Å². The molecule has 0 aliphatic carbocycles. The summed E-state index contributed by atoms with van der Waals surface area (Å²) in [4.78, 5) is 12.6. The largest absolute Gasteiger partial charge is 0.346 e. The van der Waals surface area contributed by atoms with Gasteiger partial charge in [-0.1, -0.05) is 48.0 Å². The smallest absolute Gasteiger partial charge is 0.261 e. The number of carbonyl (C=O) groups is 1. The van der Waals surface area contributed by atoms with Crippen LogP contribution in [-0.2, 0) is 10.0 Å². The fourth-order valence-electron chi connectivity index (χ4n) is 2.72. The molecule has 28 heavy (non-hydrogen) atoms. The lowest BCUT2D eigenvalue weighted by Crippen LogP contribution is -2.26. The van der Waals surface area contributed by atoms with Gasteiger partial charge in [-0.25, -0.2) is 8.42 Å². The monoisotopic (exact) mass is 394 g/mol. The van der Waals surface area contributed by atoms with Crippen LogP contribution in [-0.4, -0.2) is 14.3 Å². The zero-order valence-electron chi connectivity index (χ0n) is 15.7. The van der Waals surface area contributed by atoms with Crippen molar-refractivity contribution >= 4 is 21.6 Å². The van der Waals surface area contributed by atoms with Crippen molar-refractivity contribution in [3.05, 3.63) is 95.6 Å². The maximum absolute atomic E-state index is 12.5. The average Bonchev–Trinajstić information content (AvgIpc) is 2.69. The summed E-state index contributed by atoms with van der Waals surface area (Å²) in [6, 6.07) is 22.3. The normalized spacial score (nSPS) is 12.2. The maximum atomic E-state index is 12.5. The Labute approximate surface area is 165 Å². The van der Waals surface area contributed by atoms with Crippen LogP contribution in [0.25, 0.3) is 0 Å². The molecule has 0 saturated heterocycles. The third-order valence-electron chi connectivity index (χ3n) is 4.38. The van der Waals surface area contributed by atoms with E-state index in [1.54, 1.807) is 42.5 Å². The van der Waals surface area contributed by atoms with E-state index in [2.05, 4.69) is 10.0 Å². The van der Waals surface area contributed by atoms with Crippen LogP contribution in [0.15, 0.2) is 83.8 Å². The Morgan fingerprint density at radius 2 is 1.46 bits per heavy atom. The van der Waals surface area contributed by atoms with E-state index in [1.807, 2.05) is 38.1 Å². The molecular weight excluding hydrogens is 372 g/mol. The van der Waals surface area contributed by atoms with Gasteiger partial charge in [0.1, 0.15) is 0 Å². The van der Waals surface area contributed by atoms with Gasteiger partial charge in [0.15, 0.2) is 0 Å². The molecule has 0 aromatic heterocycles. The highest BCUT2D eigenvalue weighted by atomic mass is 32.2. The lowest BCUT2D eigenvalue weighted by atomic mass is 10.1. The lowest BCUT2D eigenvalue weighted by molar-refractivity contribution is 0.0940. The molecule has 1 atom stereocenters. The summed E-state index contributed by atoms with van der Waals surface area (Å²) in [5.41, 5.74) is 3.04. The molecule has 3 rings (SSSR count). The van der Waals surface area contributed by atoms with Crippen molar-refractivity contribution in [1.82, 2.24) is 5.32 Å². The topological polar surface area (TPSA) is 75.3 Å². The van der Waals surface area contributed by atoms with Gasteiger partial charge in [0.05, 0.1) is 10.9 Å². The molecule has 5 nitrogen and oxygen atoms in total. The Balaban J connectivity index is 1.66. The Kier molecular flexibility index (Phi) is 5.80. The Bertz CT molecular complexity index is 1050. The highest BCUT2D eigenvalue weighted by Gasteiger charge is 2.15. The van der Waals surface area contributed by atoms with Gasteiger partial charge in [0.25, 0.3) is 15.9 Å². The highest BCUT2D eigenvalue weighted by molar-refractivity contribution is 7.92. The number of benzene rings is 3. The standard InChI is InChI=1S/C22H22N2O3S/c1-16-8-10-18(11-9-16)17(2)23-22(25)19-12-14-20(15-13-19)24-28(26,27)21-6-4-3-5-7-21/h3-15,17,24H,1-2H3,(H,23,25)/t17-/m0/s1. The van der Waals surface area contributed by atoms with Crippen LogP contribution in [0.2, 0.25) is 0 Å². The van der Waals surface area contributed by atoms with E-state index in [1.165, 1.54) is 12.1 Å². The van der Waals surface area contributed by atoms with Gasteiger partial charge in [-0.15, -0.1) is 0 Å². The first-order chi connectivity index (χ1) is 13.3. The Morgan fingerprint density at radius 1 is 0.857 bits per heavy atom. The van der Waals surface area contributed by atoms with Crippen LogP contribution in [0.4, 0.5) is 5.69 Å². The number of anilines is 1. The molecule has 0 radical (unpaired) electrons. The van der Waals surface area contributed by atoms with E-state index < -0.39 is 10.0 Å². The molecule has 0 heterocycles. The summed E-state index contributed by atoms with van der Waals surface area (Å²) >= 11 is 0. The molecule has 0 unspecified atom stereocenters. The first-order valence-electron chi connectivity index (χ1n) is 8.90. The van der Waals surface area contributed by atoms with E-state index in [0.29, 0.717) is 11.3 Å². The molecule has 1 amide bonds. The van der Waals surface area contributed by atoms with Crippen molar-refractivity contribution in [2.75, 3.05) is 4.72 Å². The van der Waals surface area contributed by atoms with Gasteiger partial charge in [0.2, 0.25) is 0 Å². The summed E-state index contributed by atoms with van der Waals surface area (Å²) in [7, 11) is -3.66. The van der Waals surface area contributed by atoms with Crippen molar-refractivity contribution in [2.24, 2.45) is 0 Å². The number of amides is 1. The zero-order chi connectivity index (χ0) is 20.1. The van der Waals surface area contributed by atoms with Gasteiger partial charge in [0, 0.05) is 11.3 Å². The molecule has 2 N–H and O–H groups in total. The van der Waals surface area contributed by atoms with Gasteiger partial charge in [-0.05, 0) is 55.8 Å². The summed E-state index contributed by atoms with van der Waals surface area (Å²) in [6.45, 7) is 3.94. The molecule has 3 aromatic rings. The minimum atomic E-state index is -3.66. The highest BCUT2D eigenvalue weighted by Crippen LogP contribution is 2.18. The van der Waals surface area contributed by atoms with Crippen LogP contribution in [0.5, 0.6) is 0 Å².